The van der Waals surface area contributed by atoms with Gasteiger partial charge in [-0.1, -0.05) is 18.2 Å². The van der Waals surface area contributed by atoms with Crippen molar-refractivity contribution in [3.63, 3.8) is 0 Å². The Bertz CT molecular complexity index is 1520. The molecule has 0 spiro atoms. The second kappa shape index (κ2) is 11.6. The van der Waals surface area contributed by atoms with Crippen molar-refractivity contribution < 1.29 is 28.2 Å². The number of furan rings is 1. The van der Waals surface area contributed by atoms with Gasteiger partial charge in [-0.25, -0.2) is 9.18 Å². The molecule has 1 aliphatic heterocycles. The number of rotatable bonds is 10. The van der Waals surface area contributed by atoms with Crippen LogP contribution in [0.15, 0.2) is 65.1 Å². The number of halogens is 1. The van der Waals surface area contributed by atoms with E-state index in [2.05, 4.69) is 23.1 Å². The third-order valence-corrected chi connectivity index (χ3v) is 8.68. The Morgan fingerprint density at radius 2 is 1.71 bits per heavy atom. The highest BCUT2D eigenvalue weighted by atomic mass is 19.1. The molecular formula is C34H36FNO5. The summed E-state index contributed by atoms with van der Waals surface area (Å²) in [5, 5.41) is 10.3. The molecule has 4 aromatic rings. The largest absolute Gasteiger partial charge is 0.493 e. The number of ether oxygens (including phenoxy) is 2. The lowest BCUT2D eigenvalue weighted by Gasteiger charge is -2.25. The third-order valence-electron chi connectivity index (χ3n) is 8.68. The molecule has 6 rings (SSSR count). The zero-order valence-electron chi connectivity index (χ0n) is 23.6. The van der Waals surface area contributed by atoms with Gasteiger partial charge in [-0.15, -0.1) is 0 Å². The molecular weight excluding hydrogens is 521 g/mol. The van der Waals surface area contributed by atoms with E-state index in [-0.39, 0.29) is 11.4 Å². The SMILES string of the molecule is CCOc1cc(CN2CC[C@H]3C(Cc4cc5ccc(C(=O)O)cc5o4)CC[C@H]32)cc(OCC)c1-c1ccc(F)cc1. The van der Waals surface area contributed by atoms with Gasteiger partial charge >= 0.3 is 5.97 Å². The van der Waals surface area contributed by atoms with Gasteiger partial charge in [0.25, 0.3) is 0 Å². The highest BCUT2D eigenvalue weighted by Gasteiger charge is 2.43. The standard InChI is InChI=1S/C34H36FNO5/c1-3-39-31-15-21(16-32(40-4-2)33(31)22-7-10-26(35)11-8-22)20-36-14-13-28-23(9-12-29(28)36)17-27-18-24-5-6-25(34(37)38)19-30(24)41-27/h5-8,10-11,15-16,18-19,23,28-29H,3-4,9,12-14,17,20H2,1-2H3,(H,37,38)/t23?,28-,29+/m0/s1. The predicted molar refractivity (Wildman–Crippen MR) is 156 cm³/mol. The van der Waals surface area contributed by atoms with Gasteiger partial charge in [0.2, 0.25) is 0 Å². The maximum absolute atomic E-state index is 13.6. The zero-order valence-corrected chi connectivity index (χ0v) is 23.6. The van der Waals surface area contributed by atoms with Crippen molar-refractivity contribution in [2.45, 2.75) is 52.1 Å². The van der Waals surface area contributed by atoms with Crippen LogP contribution in [0.4, 0.5) is 4.39 Å². The number of hydrogen-bond acceptors (Lipinski definition) is 5. The van der Waals surface area contributed by atoms with Crippen LogP contribution in [0.3, 0.4) is 0 Å². The minimum Gasteiger partial charge on any atom is -0.493 e. The van der Waals surface area contributed by atoms with E-state index >= 15 is 0 Å². The van der Waals surface area contributed by atoms with E-state index in [0.717, 1.165) is 78.1 Å². The highest BCUT2D eigenvalue weighted by molar-refractivity contribution is 5.92. The summed E-state index contributed by atoms with van der Waals surface area (Å²) < 4.78 is 31.9. The highest BCUT2D eigenvalue weighted by Crippen LogP contribution is 2.46. The Hall–Kier alpha value is -3.84. The van der Waals surface area contributed by atoms with E-state index in [0.29, 0.717) is 36.7 Å². The lowest BCUT2D eigenvalue weighted by Crippen LogP contribution is -2.30. The smallest absolute Gasteiger partial charge is 0.335 e. The second-order valence-corrected chi connectivity index (χ2v) is 11.1. The van der Waals surface area contributed by atoms with Gasteiger partial charge < -0.3 is 19.0 Å². The van der Waals surface area contributed by atoms with E-state index in [1.54, 1.807) is 24.3 Å². The molecule has 1 unspecified atom stereocenters. The van der Waals surface area contributed by atoms with Crippen molar-refractivity contribution in [1.82, 2.24) is 4.90 Å². The molecule has 1 aromatic heterocycles. The minimum absolute atomic E-state index is 0.247. The Morgan fingerprint density at radius 1 is 0.976 bits per heavy atom. The van der Waals surface area contributed by atoms with Gasteiger partial charge in [0, 0.05) is 24.4 Å². The molecule has 0 radical (unpaired) electrons. The lowest BCUT2D eigenvalue weighted by atomic mass is 9.89. The van der Waals surface area contributed by atoms with Crippen LogP contribution in [0.1, 0.15) is 54.8 Å². The molecule has 1 aliphatic carbocycles. The van der Waals surface area contributed by atoms with Gasteiger partial charge in [-0.05, 0) is 105 Å². The molecule has 7 heteroatoms. The fraction of sp³-hybridized carbons (Fsp3) is 0.382. The fourth-order valence-electron chi connectivity index (χ4n) is 6.93. The summed E-state index contributed by atoms with van der Waals surface area (Å²) >= 11 is 0. The van der Waals surface area contributed by atoms with Crippen LogP contribution in [0.25, 0.3) is 22.1 Å². The number of fused-ring (bicyclic) bond motifs is 2. The van der Waals surface area contributed by atoms with Crippen LogP contribution in [-0.2, 0) is 13.0 Å². The number of carboxylic acid groups (broad SMARTS) is 1. The third kappa shape index (κ3) is 5.55. The molecule has 3 aromatic carbocycles. The van der Waals surface area contributed by atoms with Crippen LogP contribution in [-0.4, -0.2) is 41.8 Å². The summed E-state index contributed by atoms with van der Waals surface area (Å²) in [4.78, 5) is 13.9. The molecule has 0 amide bonds. The summed E-state index contributed by atoms with van der Waals surface area (Å²) in [5.41, 5.74) is 3.77. The summed E-state index contributed by atoms with van der Waals surface area (Å²) in [7, 11) is 0. The number of carbonyl (C=O) groups is 1. The van der Waals surface area contributed by atoms with Crippen LogP contribution in [0.2, 0.25) is 0 Å². The Labute approximate surface area is 239 Å². The van der Waals surface area contributed by atoms with Crippen LogP contribution in [0.5, 0.6) is 11.5 Å². The van der Waals surface area contributed by atoms with Crippen molar-refractivity contribution >= 4 is 16.9 Å². The van der Waals surface area contributed by atoms with Gasteiger partial charge in [0.1, 0.15) is 28.7 Å². The summed E-state index contributed by atoms with van der Waals surface area (Å²) in [6.07, 6.45) is 4.34. The molecule has 0 bridgehead atoms. The maximum Gasteiger partial charge on any atom is 0.335 e. The number of benzene rings is 3. The predicted octanol–water partition coefficient (Wildman–Crippen LogP) is 7.58. The molecule has 2 heterocycles. The monoisotopic (exact) mass is 557 g/mol. The van der Waals surface area contributed by atoms with Gasteiger partial charge in [-0.3, -0.25) is 4.90 Å². The van der Waals surface area contributed by atoms with E-state index < -0.39 is 5.97 Å². The average molecular weight is 558 g/mol. The molecule has 1 saturated carbocycles. The second-order valence-electron chi connectivity index (χ2n) is 11.1. The summed E-state index contributed by atoms with van der Waals surface area (Å²) in [6.45, 7) is 6.86. The molecule has 41 heavy (non-hydrogen) atoms. The first-order chi connectivity index (χ1) is 19.9. The van der Waals surface area contributed by atoms with E-state index in [9.17, 15) is 14.3 Å². The number of hydrogen-bond donors (Lipinski definition) is 1. The van der Waals surface area contributed by atoms with Gasteiger partial charge in [0.15, 0.2) is 0 Å². The topological polar surface area (TPSA) is 72.1 Å². The Kier molecular flexibility index (Phi) is 7.71. The van der Waals surface area contributed by atoms with E-state index in [1.807, 2.05) is 19.9 Å². The molecule has 1 saturated heterocycles. The van der Waals surface area contributed by atoms with Crippen LogP contribution >= 0.6 is 0 Å². The normalized spacial score (nSPS) is 20.4. The molecule has 6 nitrogen and oxygen atoms in total. The Morgan fingerprint density at radius 3 is 2.39 bits per heavy atom. The van der Waals surface area contributed by atoms with Crippen LogP contribution in [0, 0.1) is 17.7 Å². The van der Waals surface area contributed by atoms with Crippen molar-refractivity contribution in [2.75, 3.05) is 19.8 Å². The number of carboxylic acids is 1. The molecule has 214 valence electrons. The van der Waals surface area contributed by atoms with Crippen molar-refractivity contribution in [1.29, 1.82) is 0 Å². The van der Waals surface area contributed by atoms with E-state index in [4.69, 9.17) is 13.9 Å². The maximum atomic E-state index is 13.6. The number of aromatic carboxylic acids is 1. The quantitative estimate of drug-likeness (QED) is 0.217. The average Bonchev–Trinajstić information content (AvgIpc) is 3.66. The minimum atomic E-state index is -0.943. The molecule has 1 N–H and O–H groups in total. The van der Waals surface area contributed by atoms with E-state index in [1.165, 1.54) is 12.1 Å². The fourth-order valence-corrected chi connectivity index (χ4v) is 6.93. The van der Waals surface area contributed by atoms with Crippen LogP contribution < -0.4 is 9.47 Å². The molecule has 3 atom stereocenters. The first-order valence-electron chi connectivity index (χ1n) is 14.6. The van der Waals surface area contributed by atoms with Gasteiger partial charge in [0.05, 0.1) is 24.3 Å². The van der Waals surface area contributed by atoms with Crippen molar-refractivity contribution in [3.05, 3.63) is 83.4 Å². The Balaban J connectivity index is 1.19. The first-order valence-corrected chi connectivity index (χ1v) is 14.6. The number of nitrogens with zero attached hydrogens (tertiary/aromatic N) is 1. The summed E-state index contributed by atoms with van der Waals surface area (Å²) in [5.74, 6) is 2.39. The lowest BCUT2D eigenvalue weighted by molar-refractivity contribution is 0.0697. The molecule has 2 fully saturated rings. The first kappa shape index (κ1) is 27.3. The van der Waals surface area contributed by atoms with Gasteiger partial charge in [-0.2, -0.15) is 0 Å². The van der Waals surface area contributed by atoms with Crippen molar-refractivity contribution in [3.8, 4) is 22.6 Å². The zero-order chi connectivity index (χ0) is 28.5. The van der Waals surface area contributed by atoms with Crippen molar-refractivity contribution in [2.24, 2.45) is 11.8 Å². The summed E-state index contributed by atoms with van der Waals surface area (Å²) in [6, 6.07) is 18.4. The molecule has 2 aliphatic rings. The number of likely N-dealkylation sites (tertiary alicyclic amines) is 1.